The van der Waals surface area contributed by atoms with Crippen molar-refractivity contribution in [2.75, 3.05) is 7.11 Å². The number of hydrogen-bond acceptors (Lipinski definition) is 5. The number of nitrogens with two attached hydrogens (primary N) is 1. The third-order valence-corrected chi connectivity index (χ3v) is 3.60. The lowest BCUT2D eigenvalue weighted by Gasteiger charge is -2.06. The van der Waals surface area contributed by atoms with E-state index in [1.54, 1.807) is 14.0 Å². The van der Waals surface area contributed by atoms with Crippen molar-refractivity contribution in [2.45, 2.75) is 13.8 Å². The number of thiazole rings is 1. The van der Waals surface area contributed by atoms with Crippen LogP contribution < -0.4 is 15.2 Å². The summed E-state index contributed by atoms with van der Waals surface area (Å²) >= 11 is 1.26. The van der Waals surface area contributed by atoms with Crippen LogP contribution in [0, 0.1) is 13.8 Å². The van der Waals surface area contributed by atoms with Gasteiger partial charge in [-0.05, 0) is 31.5 Å². The fourth-order valence-electron chi connectivity index (χ4n) is 1.66. The van der Waals surface area contributed by atoms with Gasteiger partial charge in [0.2, 0.25) is 5.06 Å². The predicted octanol–water partition coefficient (Wildman–Crippen LogP) is 2.89. The van der Waals surface area contributed by atoms with E-state index >= 15 is 0 Å². The molecular formula is C13H14N2O3S. The highest BCUT2D eigenvalue weighted by Crippen LogP contribution is 2.38. The van der Waals surface area contributed by atoms with Crippen LogP contribution in [0.1, 0.15) is 11.3 Å². The molecule has 5 nitrogen and oxygen atoms in total. The van der Waals surface area contributed by atoms with Crippen molar-refractivity contribution >= 4 is 17.4 Å². The van der Waals surface area contributed by atoms with Crippen molar-refractivity contribution in [3.05, 3.63) is 29.5 Å². The minimum atomic E-state index is -0.839. The highest BCUT2D eigenvalue weighted by molar-refractivity contribution is 7.17. The van der Waals surface area contributed by atoms with E-state index in [2.05, 4.69) is 4.98 Å². The zero-order valence-electron chi connectivity index (χ0n) is 10.9. The lowest BCUT2D eigenvalue weighted by Crippen LogP contribution is -2.15. The van der Waals surface area contributed by atoms with Gasteiger partial charge in [0.05, 0.1) is 18.4 Å². The Morgan fingerprint density at radius 3 is 2.74 bits per heavy atom. The van der Waals surface area contributed by atoms with Crippen molar-refractivity contribution in [1.29, 1.82) is 0 Å². The second kappa shape index (κ2) is 5.27. The Bertz CT molecular complexity index is 622. The molecule has 0 saturated heterocycles. The van der Waals surface area contributed by atoms with Crippen molar-refractivity contribution < 1.29 is 14.3 Å². The zero-order valence-corrected chi connectivity index (χ0v) is 11.7. The summed E-state index contributed by atoms with van der Waals surface area (Å²) in [4.78, 5) is 15.2. The van der Waals surface area contributed by atoms with Crippen LogP contribution in [0.2, 0.25) is 0 Å². The molecule has 1 aromatic carbocycles. The SMILES string of the molecule is COc1cc(C)ccc1-c1nc(C)c(OC(N)=O)s1. The molecule has 19 heavy (non-hydrogen) atoms. The maximum absolute atomic E-state index is 10.8. The first kappa shape index (κ1) is 13.4. The molecule has 0 aliphatic heterocycles. The van der Waals surface area contributed by atoms with Crippen LogP contribution in [-0.4, -0.2) is 18.2 Å². The Labute approximate surface area is 115 Å². The highest BCUT2D eigenvalue weighted by atomic mass is 32.1. The third kappa shape index (κ3) is 2.85. The van der Waals surface area contributed by atoms with Gasteiger partial charge in [-0.3, -0.25) is 0 Å². The monoisotopic (exact) mass is 278 g/mol. The van der Waals surface area contributed by atoms with Gasteiger partial charge in [0.25, 0.3) is 0 Å². The average Bonchev–Trinajstić information content (AvgIpc) is 2.69. The molecule has 0 radical (unpaired) electrons. The number of carbonyl (C=O) groups is 1. The topological polar surface area (TPSA) is 74.4 Å². The lowest BCUT2D eigenvalue weighted by atomic mass is 10.1. The first-order valence-electron chi connectivity index (χ1n) is 5.61. The number of rotatable bonds is 3. The van der Waals surface area contributed by atoms with Crippen molar-refractivity contribution in [2.24, 2.45) is 5.73 Å². The van der Waals surface area contributed by atoms with E-state index in [9.17, 15) is 4.79 Å². The van der Waals surface area contributed by atoms with E-state index in [-0.39, 0.29) is 0 Å². The van der Waals surface area contributed by atoms with E-state index < -0.39 is 6.09 Å². The Kier molecular flexibility index (Phi) is 3.71. The number of methoxy groups -OCH3 is 1. The summed E-state index contributed by atoms with van der Waals surface area (Å²) in [5.74, 6) is 0.736. The fraction of sp³-hybridized carbons (Fsp3) is 0.231. The molecule has 0 aliphatic rings. The van der Waals surface area contributed by atoms with Crippen LogP contribution in [0.4, 0.5) is 4.79 Å². The number of carbonyl (C=O) groups excluding carboxylic acids is 1. The molecule has 1 amide bonds. The Morgan fingerprint density at radius 2 is 2.11 bits per heavy atom. The number of benzene rings is 1. The van der Waals surface area contributed by atoms with Gasteiger partial charge in [-0.1, -0.05) is 17.4 Å². The molecule has 2 rings (SSSR count). The molecule has 100 valence electrons. The number of ether oxygens (including phenoxy) is 2. The van der Waals surface area contributed by atoms with E-state index in [4.69, 9.17) is 15.2 Å². The largest absolute Gasteiger partial charge is 0.496 e. The van der Waals surface area contributed by atoms with Gasteiger partial charge < -0.3 is 15.2 Å². The minimum Gasteiger partial charge on any atom is -0.496 e. The van der Waals surface area contributed by atoms with E-state index in [1.807, 2.05) is 25.1 Å². The fourth-order valence-corrected chi connectivity index (χ4v) is 2.61. The van der Waals surface area contributed by atoms with Gasteiger partial charge in [0.1, 0.15) is 10.8 Å². The van der Waals surface area contributed by atoms with Gasteiger partial charge in [-0.2, -0.15) is 0 Å². The van der Waals surface area contributed by atoms with E-state index in [0.29, 0.717) is 10.8 Å². The first-order chi connectivity index (χ1) is 9.01. The second-order valence-corrected chi connectivity index (χ2v) is 4.98. The van der Waals surface area contributed by atoms with Gasteiger partial charge in [-0.15, -0.1) is 0 Å². The average molecular weight is 278 g/mol. The molecule has 2 aromatic rings. The van der Waals surface area contributed by atoms with Crippen molar-refractivity contribution in [3.63, 3.8) is 0 Å². The van der Waals surface area contributed by atoms with Crippen LogP contribution in [0.5, 0.6) is 10.8 Å². The van der Waals surface area contributed by atoms with Crippen LogP contribution in [-0.2, 0) is 0 Å². The molecule has 6 heteroatoms. The van der Waals surface area contributed by atoms with E-state index in [0.717, 1.165) is 21.9 Å². The second-order valence-electron chi connectivity index (χ2n) is 4.02. The van der Waals surface area contributed by atoms with Crippen LogP contribution >= 0.6 is 11.3 Å². The van der Waals surface area contributed by atoms with Crippen LogP contribution in [0.25, 0.3) is 10.6 Å². The normalized spacial score (nSPS) is 10.3. The van der Waals surface area contributed by atoms with Crippen LogP contribution in [0.3, 0.4) is 0 Å². The summed E-state index contributed by atoms with van der Waals surface area (Å²) < 4.78 is 10.2. The quantitative estimate of drug-likeness (QED) is 0.936. The molecule has 1 heterocycles. The van der Waals surface area contributed by atoms with Gasteiger partial charge in [0, 0.05) is 0 Å². The molecule has 0 spiro atoms. The summed E-state index contributed by atoms with van der Waals surface area (Å²) in [5.41, 5.74) is 7.60. The lowest BCUT2D eigenvalue weighted by molar-refractivity contribution is 0.212. The van der Waals surface area contributed by atoms with Crippen LogP contribution in [0.15, 0.2) is 18.2 Å². The first-order valence-corrected chi connectivity index (χ1v) is 6.42. The molecule has 0 atom stereocenters. The number of aromatic nitrogens is 1. The number of nitrogens with zero attached hydrogens (tertiary/aromatic N) is 1. The van der Waals surface area contributed by atoms with Crippen molar-refractivity contribution in [3.8, 4) is 21.4 Å². The third-order valence-electron chi connectivity index (χ3n) is 2.53. The van der Waals surface area contributed by atoms with E-state index in [1.165, 1.54) is 11.3 Å². The Balaban J connectivity index is 2.45. The number of hydrogen-bond donors (Lipinski definition) is 1. The van der Waals surface area contributed by atoms with Crippen molar-refractivity contribution in [1.82, 2.24) is 4.98 Å². The Hall–Kier alpha value is -2.08. The molecule has 0 saturated carbocycles. The maximum Gasteiger partial charge on any atom is 0.410 e. The summed E-state index contributed by atoms with van der Waals surface area (Å²) in [6, 6.07) is 5.84. The molecule has 0 bridgehead atoms. The van der Waals surface area contributed by atoms with Gasteiger partial charge in [0.15, 0.2) is 0 Å². The molecule has 2 N–H and O–H groups in total. The highest BCUT2D eigenvalue weighted by Gasteiger charge is 2.15. The number of primary amides is 1. The molecule has 1 aromatic heterocycles. The summed E-state index contributed by atoms with van der Waals surface area (Å²) in [5, 5.41) is 1.13. The molecule has 0 unspecified atom stereocenters. The summed E-state index contributed by atoms with van der Waals surface area (Å²) in [6.07, 6.45) is -0.839. The maximum atomic E-state index is 10.8. The summed E-state index contributed by atoms with van der Waals surface area (Å²) in [7, 11) is 1.61. The molecule has 0 fully saturated rings. The molecular weight excluding hydrogens is 264 g/mol. The zero-order chi connectivity index (χ0) is 14.0. The standard InChI is InChI=1S/C13H14N2O3S/c1-7-4-5-9(10(6-7)17-3)11-15-8(2)12(19-11)18-13(14)16/h4-6H,1-3H3,(H2,14,16). The smallest absolute Gasteiger partial charge is 0.410 e. The summed E-state index contributed by atoms with van der Waals surface area (Å²) in [6.45, 7) is 3.75. The Morgan fingerprint density at radius 1 is 1.37 bits per heavy atom. The van der Waals surface area contributed by atoms with Gasteiger partial charge in [-0.25, -0.2) is 9.78 Å². The molecule has 0 aliphatic carbocycles. The number of aryl methyl sites for hydroxylation is 2. The predicted molar refractivity (Wildman–Crippen MR) is 73.8 cm³/mol. The van der Waals surface area contributed by atoms with Gasteiger partial charge >= 0.3 is 6.09 Å². The minimum absolute atomic E-state index is 0.408. The number of amides is 1.